The van der Waals surface area contributed by atoms with Crippen molar-refractivity contribution in [2.24, 2.45) is 0 Å². The average molecular weight is 108 g/mol. The lowest BCUT2D eigenvalue weighted by atomic mass is 10.5. The minimum Gasteiger partial charge on any atom is -0.284 e. The first-order valence-electron chi connectivity index (χ1n) is 2.28. The Hall–Kier alpha value is -1.30. The molecule has 0 aliphatic heterocycles. The number of aromatic amines is 1. The van der Waals surface area contributed by atoms with E-state index in [1.807, 2.05) is 0 Å². The summed E-state index contributed by atoms with van der Waals surface area (Å²) in [4.78, 5) is 3.65. The third kappa shape index (κ3) is 0.850. The quantitative estimate of drug-likeness (QED) is 0.522. The number of H-pyrrole nitrogens is 1. The Morgan fingerprint density at radius 1 is 1.88 bits per heavy atom. The topological polar surface area (TPSA) is 33.0 Å². The van der Waals surface area contributed by atoms with Crippen molar-refractivity contribution in [2.75, 3.05) is 7.05 Å². The molecule has 0 aliphatic rings. The van der Waals surface area contributed by atoms with Crippen molar-refractivity contribution in [2.45, 2.75) is 0 Å². The van der Waals surface area contributed by atoms with Gasteiger partial charge in [-0.05, 0) is 6.07 Å². The van der Waals surface area contributed by atoms with Gasteiger partial charge in [0.2, 0.25) is 5.69 Å². The highest BCUT2D eigenvalue weighted by atomic mass is 15.1. The van der Waals surface area contributed by atoms with Crippen LogP contribution in [0.5, 0.6) is 0 Å². The Morgan fingerprint density at radius 3 is 3.25 bits per heavy atom. The molecule has 0 amide bonds. The van der Waals surface area contributed by atoms with Crippen molar-refractivity contribution >= 4 is 0 Å². The van der Waals surface area contributed by atoms with Crippen LogP contribution in [0, 0.1) is 6.07 Å². The fraction of sp³-hybridized carbons (Fsp3) is 0.200. The van der Waals surface area contributed by atoms with Gasteiger partial charge in [-0.15, -0.1) is 0 Å². The van der Waals surface area contributed by atoms with E-state index >= 15 is 0 Å². The molecule has 40 valence electrons. The summed E-state index contributed by atoms with van der Waals surface area (Å²) in [5, 5.41) is 6.42. The normalized spacial score (nSPS) is 7.62. The van der Waals surface area contributed by atoms with Crippen molar-refractivity contribution in [1.82, 2.24) is 10.2 Å². The highest BCUT2D eigenvalue weighted by Gasteiger charge is 1.90. The van der Waals surface area contributed by atoms with E-state index in [0.29, 0.717) is 0 Å². The molecule has 1 heterocycles. The van der Waals surface area contributed by atoms with Gasteiger partial charge in [-0.25, -0.2) is 0 Å². The Bertz CT molecular complexity index is 201. The van der Waals surface area contributed by atoms with Crippen LogP contribution >= 0.6 is 0 Å². The van der Waals surface area contributed by atoms with E-state index in [9.17, 15) is 0 Å². The van der Waals surface area contributed by atoms with Gasteiger partial charge in [0.05, 0.1) is 0 Å². The van der Waals surface area contributed by atoms with Gasteiger partial charge in [-0.3, -0.25) is 5.10 Å². The molecule has 0 aromatic carbocycles. The first-order chi connectivity index (χ1) is 3.93. The van der Waals surface area contributed by atoms with Gasteiger partial charge in [0.15, 0.2) is 0 Å². The van der Waals surface area contributed by atoms with Gasteiger partial charge in [0.1, 0.15) is 0 Å². The maximum atomic E-state index is 3.78. The molecule has 0 saturated heterocycles. The summed E-state index contributed by atoms with van der Waals surface area (Å²) in [6.45, 7) is 0. The highest BCUT2D eigenvalue weighted by molar-refractivity contribution is 5.20. The van der Waals surface area contributed by atoms with Crippen LogP contribution in [-0.2, 0) is 0 Å². The Labute approximate surface area is 47.2 Å². The summed E-state index contributed by atoms with van der Waals surface area (Å²) in [5.74, 6) is 0. The van der Waals surface area contributed by atoms with E-state index in [1.165, 1.54) is 0 Å². The zero-order valence-corrected chi connectivity index (χ0v) is 4.55. The van der Waals surface area contributed by atoms with Gasteiger partial charge in [-0.2, -0.15) is 5.10 Å². The van der Waals surface area contributed by atoms with E-state index in [-0.39, 0.29) is 0 Å². The highest BCUT2D eigenvalue weighted by Crippen LogP contribution is 1.85. The van der Waals surface area contributed by atoms with Crippen LogP contribution in [0.15, 0.2) is 12.3 Å². The van der Waals surface area contributed by atoms with Crippen LogP contribution in [0.1, 0.15) is 5.69 Å². The number of rotatable bonds is 0. The Morgan fingerprint density at radius 2 is 2.75 bits per heavy atom. The van der Waals surface area contributed by atoms with Gasteiger partial charge in [0, 0.05) is 6.20 Å². The average Bonchev–Trinajstić information content (AvgIpc) is 2.19. The minimum absolute atomic E-state index is 0.743. The van der Waals surface area contributed by atoms with Gasteiger partial charge in [-0.1, -0.05) is 4.85 Å². The van der Waals surface area contributed by atoms with Gasteiger partial charge < -0.3 is 0 Å². The predicted molar refractivity (Wildman–Crippen MR) is 30.9 cm³/mol. The summed E-state index contributed by atoms with van der Waals surface area (Å²) in [6.07, 6.45) is 1.73. The smallest absolute Gasteiger partial charge is 0.284 e. The molecule has 0 atom stereocenters. The molecule has 8 heavy (non-hydrogen) atoms. The third-order valence-electron chi connectivity index (χ3n) is 0.727. The molecule has 3 nitrogen and oxygen atoms in total. The maximum absolute atomic E-state index is 3.78. The zero-order chi connectivity index (χ0) is 5.82. The molecule has 0 unspecified atom stereocenters. The zero-order valence-electron chi connectivity index (χ0n) is 4.55. The summed E-state index contributed by atoms with van der Waals surface area (Å²) in [6, 6.07) is 4.47. The lowest BCUT2D eigenvalue weighted by Crippen LogP contribution is -1.69. The SMILES string of the molecule is C[N+]#Cc1cc[nH]n1. The maximum Gasteiger partial charge on any atom is 0.332 e. The minimum atomic E-state index is 0.743. The standard InChI is InChI=1S/C5H5N3/c1-6-4-5-2-3-7-8-5/h2-3H,1H3/p+1. The molecule has 0 bridgehead atoms. The number of nitrogens with zero attached hydrogens (tertiary/aromatic N) is 2. The Balaban J connectivity index is 2.88. The van der Waals surface area contributed by atoms with Crippen molar-refractivity contribution in [1.29, 1.82) is 0 Å². The van der Waals surface area contributed by atoms with E-state index in [2.05, 4.69) is 21.1 Å². The fourth-order valence-electron chi connectivity index (χ4n) is 0.437. The van der Waals surface area contributed by atoms with E-state index in [1.54, 1.807) is 19.3 Å². The fourth-order valence-corrected chi connectivity index (χ4v) is 0.437. The third-order valence-corrected chi connectivity index (χ3v) is 0.727. The second-order valence-electron chi connectivity index (χ2n) is 1.29. The van der Waals surface area contributed by atoms with E-state index < -0.39 is 0 Å². The molecule has 1 N–H and O–H groups in total. The second kappa shape index (κ2) is 2.12. The number of nitrogens with one attached hydrogen (secondary N) is 1. The number of aromatic nitrogens is 2. The van der Waals surface area contributed by atoms with E-state index in [0.717, 1.165) is 5.69 Å². The molecule has 0 radical (unpaired) electrons. The molecule has 0 aliphatic carbocycles. The predicted octanol–water partition coefficient (Wildman–Crippen LogP) is 0.720. The molecule has 1 aromatic rings. The first kappa shape index (κ1) is 4.85. The lowest BCUT2D eigenvalue weighted by molar-refractivity contribution is 1.08. The van der Waals surface area contributed by atoms with Crippen LogP contribution in [0.4, 0.5) is 0 Å². The largest absolute Gasteiger partial charge is 0.332 e. The van der Waals surface area contributed by atoms with Crippen molar-refractivity contribution in [3.63, 3.8) is 0 Å². The lowest BCUT2D eigenvalue weighted by Gasteiger charge is -1.58. The van der Waals surface area contributed by atoms with Crippen LogP contribution in [-0.4, -0.2) is 17.2 Å². The summed E-state index contributed by atoms with van der Waals surface area (Å²) in [5.41, 5.74) is 0.743. The van der Waals surface area contributed by atoms with Crippen LogP contribution in [0.25, 0.3) is 4.85 Å². The second-order valence-corrected chi connectivity index (χ2v) is 1.29. The van der Waals surface area contributed by atoms with Gasteiger partial charge >= 0.3 is 6.07 Å². The molecule has 0 fully saturated rings. The van der Waals surface area contributed by atoms with Crippen LogP contribution < -0.4 is 0 Å². The number of hydrogen-bond acceptors (Lipinski definition) is 1. The summed E-state index contributed by atoms with van der Waals surface area (Å²) >= 11 is 0. The van der Waals surface area contributed by atoms with E-state index in [4.69, 9.17) is 0 Å². The Kier molecular flexibility index (Phi) is 1.29. The van der Waals surface area contributed by atoms with Gasteiger partial charge in [0.25, 0.3) is 7.05 Å². The summed E-state index contributed by atoms with van der Waals surface area (Å²) in [7, 11) is 1.66. The first-order valence-corrected chi connectivity index (χ1v) is 2.28. The molecule has 1 aromatic heterocycles. The molecule has 0 saturated carbocycles. The monoisotopic (exact) mass is 108 g/mol. The molecular formula is C5H6N3+. The van der Waals surface area contributed by atoms with Crippen molar-refractivity contribution in [3.8, 4) is 6.07 Å². The molecular weight excluding hydrogens is 102 g/mol. The molecule has 1 rings (SSSR count). The molecule has 0 spiro atoms. The number of hydrogen-bond donors (Lipinski definition) is 1. The van der Waals surface area contributed by atoms with Crippen molar-refractivity contribution in [3.05, 3.63) is 22.8 Å². The van der Waals surface area contributed by atoms with Crippen molar-refractivity contribution < 1.29 is 0 Å². The molecule has 3 heteroatoms. The van der Waals surface area contributed by atoms with Crippen LogP contribution in [0.3, 0.4) is 0 Å². The summed E-state index contributed by atoms with van der Waals surface area (Å²) < 4.78 is 0. The van der Waals surface area contributed by atoms with Crippen LogP contribution in [0.2, 0.25) is 0 Å².